The topological polar surface area (TPSA) is 92.5 Å². The second-order valence-corrected chi connectivity index (χ2v) is 8.10. The van der Waals surface area contributed by atoms with Gasteiger partial charge in [0.2, 0.25) is 15.9 Å². The van der Waals surface area contributed by atoms with Gasteiger partial charge in [-0.3, -0.25) is 4.79 Å². The predicted molar refractivity (Wildman–Crippen MR) is 84.5 cm³/mol. The first kappa shape index (κ1) is 16.9. The van der Waals surface area contributed by atoms with Crippen molar-refractivity contribution in [3.63, 3.8) is 0 Å². The molecule has 22 heavy (non-hydrogen) atoms. The second-order valence-electron chi connectivity index (χ2n) is 6.16. The van der Waals surface area contributed by atoms with E-state index < -0.39 is 15.6 Å². The van der Waals surface area contributed by atoms with Crippen molar-refractivity contribution in [3.05, 3.63) is 29.8 Å². The molecule has 2 rings (SSSR count). The molecule has 122 valence electrons. The number of nitrogens with zero attached hydrogens (tertiary/aromatic N) is 1. The number of sulfonamides is 1. The van der Waals surface area contributed by atoms with Crippen LogP contribution in [0.15, 0.2) is 29.2 Å². The third-order valence-electron chi connectivity index (χ3n) is 3.66. The lowest BCUT2D eigenvalue weighted by Crippen LogP contribution is -2.48. The monoisotopic (exact) mass is 325 g/mol. The number of carbonyl (C=O) groups is 1. The molecule has 3 N–H and O–H groups in total. The van der Waals surface area contributed by atoms with Gasteiger partial charge < -0.3 is 11.1 Å². The zero-order valence-electron chi connectivity index (χ0n) is 13.0. The van der Waals surface area contributed by atoms with Crippen LogP contribution >= 0.6 is 0 Å². The van der Waals surface area contributed by atoms with Crippen LogP contribution in [0.25, 0.3) is 0 Å². The molecular formula is C15H23N3O3S. The van der Waals surface area contributed by atoms with Gasteiger partial charge in [-0.1, -0.05) is 12.1 Å². The van der Waals surface area contributed by atoms with Gasteiger partial charge in [0.15, 0.2) is 0 Å². The number of rotatable bonds is 5. The molecule has 0 saturated carbocycles. The smallest absolute Gasteiger partial charge is 0.243 e. The van der Waals surface area contributed by atoms with Crippen LogP contribution in [-0.2, 0) is 21.4 Å². The largest absolute Gasteiger partial charge is 0.350 e. The summed E-state index contributed by atoms with van der Waals surface area (Å²) in [5, 5.41) is 2.73. The number of nitrogens with two attached hydrogens (primary N) is 1. The van der Waals surface area contributed by atoms with Crippen molar-refractivity contribution in [3.8, 4) is 0 Å². The van der Waals surface area contributed by atoms with Crippen LogP contribution in [0.5, 0.6) is 0 Å². The van der Waals surface area contributed by atoms with Crippen LogP contribution in [0.1, 0.15) is 32.3 Å². The number of benzene rings is 1. The first-order valence-corrected chi connectivity index (χ1v) is 8.81. The van der Waals surface area contributed by atoms with Gasteiger partial charge in [-0.15, -0.1) is 0 Å². The van der Waals surface area contributed by atoms with Crippen LogP contribution in [0.4, 0.5) is 0 Å². The van der Waals surface area contributed by atoms with Gasteiger partial charge in [-0.05, 0) is 44.4 Å². The highest BCUT2D eigenvalue weighted by Crippen LogP contribution is 2.21. The van der Waals surface area contributed by atoms with Gasteiger partial charge in [0.25, 0.3) is 0 Å². The van der Waals surface area contributed by atoms with Gasteiger partial charge in [-0.2, -0.15) is 4.31 Å². The second kappa shape index (κ2) is 6.36. The number of hydrogen-bond donors (Lipinski definition) is 2. The van der Waals surface area contributed by atoms with Crippen LogP contribution in [0.3, 0.4) is 0 Å². The average Bonchev–Trinajstić information content (AvgIpc) is 2.99. The zero-order chi connectivity index (χ0) is 16.4. The van der Waals surface area contributed by atoms with Crippen LogP contribution < -0.4 is 11.1 Å². The Morgan fingerprint density at radius 1 is 1.23 bits per heavy atom. The molecule has 0 aliphatic carbocycles. The summed E-state index contributed by atoms with van der Waals surface area (Å²) in [6.07, 6.45) is 1.83. The highest BCUT2D eigenvalue weighted by molar-refractivity contribution is 7.89. The Kier molecular flexibility index (Phi) is 4.89. The van der Waals surface area contributed by atoms with Crippen molar-refractivity contribution in [1.82, 2.24) is 9.62 Å². The molecule has 0 unspecified atom stereocenters. The van der Waals surface area contributed by atoms with Gasteiger partial charge in [0.05, 0.1) is 10.4 Å². The Bertz CT molecular complexity index is 627. The lowest BCUT2D eigenvalue weighted by Gasteiger charge is -2.18. The summed E-state index contributed by atoms with van der Waals surface area (Å²) >= 11 is 0. The molecule has 0 bridgehead atoms. The summed E-state index contributed by atoms with van der Waals surface area (Å²) in [6, 6.07) is 6.60. The molecular weight excluding hydrogens is 302 g/mol. The van der Waals surface area contributed by atoms with Gasteiger partial charge >= 0.3 is 0 Å². The Labute approximate surface area is 131 Å². The van der Waals surface area contributed by atoms with Crippen LogP contribution in [0.2, 0.25) is 0 Å². The van der Waals surface area contributed by atoms with E-state index >= 15 is 0 Å². The molecule has 7 heteroatoms. The molecule has 1 aromatic carbocycles. The van der Waals surface area contributed by atoms with E-state index in [1.165, 1.54) is 4.31 Å². The van der Waals surface area contributed by atoms with Gasteiger partial charge in [0, 0.05) is 19.6 Å². The molecule has 0 radical (unpaired) electrons. The molecule has 1 aromatic rings. The fraction of sp³-hybridized carbons (Fsp3) is 0.533. The Balaban J connectivity index is 2.03. The van der Waals surface area contributed by atoms with E-state index in [0.717, 1.165) is 18.4 Å². The first-order chi connectivity index (χ1) is 10.2. The SMILES string of the molecule is CC(C)(N)C(=O)NCc1ccc(S(=O)(=O)N2CCCC2)cc1. The maximum absolute atomic E-state index is 12.4. The number of nitrogens with one attached hydrogen (secondary N) is 1. The quantitative estimate of drug-likeness (QED) is 0.838. The summed E-state index contributed by atoms with van der Waals surface area (Å²) in [7, 11) is -3.38. The fourth-order valence-corrected chi connectivity index (χ4v) is 3.78. The molecule has 0 aromatic heterocycles. The van der Waals surface area contributed by atoms with E-state index in [0.29, 0.717) is 24.5 Å². The van der Waals surface area contributed by atoms with Crippen molar-refractivity contribution >= 4 is 15.9 Å². The molecule has 1 aliphatic rings. The Morgan fingerprint density at radius 3 is 2.27 bits per heavy atom. The molecule has 1 aliphatic heterocycles. The summed E-state index contributed by atoms with van der Waals surface area (Å²) in [4.78, 5) is 12.0. The van der Waals surface area contributed by atoms with Crippen molar-refractivity contribution in [2.24, 2.45) is 5.73 Å². The average molecular weight is 325 g/mol. The van der Waals surface area contributed by atoms with Crippen molar-refractivity contribution in [1.29, 1.82) is 0 Å². The van der Waals surface area contributed by atoms with Gasteiger partial charge in [0.1, 0.15) is 0 Å². The van der Waals surface area contributed by atoms with E-state index in [-0.39, 0.29) is 5.91 Å². The van der Waals surface area contributed by atoms with Crippen molar-refractivity contribution in [2.75, 3.05) is 13.1 Å². The fourth-order valence-electron chi connectivity index (χ4n) is 2.27. The highest BCUT2D eigenvalue weighted by atomic mass is 32.2. The molecule has 0 spiro atoms. The predicted octanol–water partition coefficient (Wildman–Crippen LogP) is 0.825. The standard InChI is InChI=1S/C15H23N3O3S/c1-15(2,16)14(19)17-11-12-5-7-13(8-6-12)22(20,21)18-9-3-4-10-18/h5-8H,3-4,9-11,16H2,1-2H3,(H,17,19). The molecule has 6 nitrogen and oxygen atoms in total. The minimum atomic E-state index is -3.38. The first-order valence-electron chi connectivity index (χ1n) is 7.37. The van der Waals surface area contributed by atoms with E-state index in [2.05, 4.69) is 5.32 Å². The van der Waals surface area contributed by atoms with Gasteiger partial charge in [-0.25, -0.2) is 8.42 Å². The normalized spacial score (nSPS) is 16.7. The minimum absolute atomic E-state index is 0.249. The van der Waals surface area contributed by atoms with Crippen molar-refractivity contribution < 1.29 is 13.2 Å². The van der Waals surface area contributed by atoms with Crippen LogP contribution in [-0.4, -0.2) is 37.3 Å². The Morgan fingerprint density at radius 2 is 1.77 bits per heavy atom. The summed E-state index contributed by atoms with van der Waals surface area (Å²) in [5.74, 6) is -0.249. The summed E-state index contributed by atoms with van der Waals surface area (Å²) < 4.78 is 26.3. The summed E-state index contributed by atoms with van der Waals surface area (Å²) in [6.45, 7) is 4.77. The molecule has 1 amide bonds. The Hall–Kier alpha value is -1.44. The van der Waals surface area contributed by atoms with Crippen molar-refractivity contribution in [2.45, 2.75) is 43.7 Å². The van der Waals surface area contributed by atoms with E-state index in [1.54, 1.807) is 38.1 Å². The third-order valence-corrected chi connectivity index (χ3v) is 5.58. The number of carbonyl (C=O) groups excluding carboxylic acids is 1. The lowest BCUT2D eigenvalue weighted by atomic mass is 10.1. The lowest BCUT2D eigenvalue weighted by molar-refractivity contribution is -0.125. The van der Waals surface area contributed by atoms with Crippen LogP contribution in [0, 0.1) is 0 Å². The molecule has 1 saturated heterocycles. The van der Waals surface area contributed by atoms with E-state index in [9.17, 15) is 13.2 Å². The number of hydrogen-bond acceptors (Lipinski definition) is 4. The highest BCUT2D eigenvalue weighted by Gasteiger charge is 2.27. The summed E-state index contributed by atoms with van der Waals surface area (Å²) in [5.41, 5.74) is 5.60. The maximum Gasteiger partial charge on any atom is 0.243 e. The minimum Gasteiger partial charge on any atom is -0.350 e. The molecule has 0 atom stereocenters. The third kappa shape index (κ3) is 3.85. The molecule has 1 fully saturated rings. The number of amides is 1. The van der Waals surface area contributed by atoms with E-state index in [4.69, 9.17) is 5.73 Å². The van der Waals surface area contributed by atoms with E-state index in [1.807, 2.05) is 0 Å². The molecule has 1 heterocycles. The zero-order valence-corrected chi connectivity index (χ0v) is 13.8. The maximum atomic E-state index is 12.4.